The number of benzene rings is 1. The summed E-state index contributed by atoms with van der Waals surface area (Å²) in [5, 5.41) is 14.0. The molecule has 3 fully saturated rings. The van der Waals surface area contributed by atoms with Crippen LogP contribution in [0.15, 0.2) is 48.7 Å². The van der Waals surface area contributed by atoms with Crippen molar-refractivity contribution in [1.29, 1.82) is 0 Å². The number of pyridine rings is 1. The summed E-state index contributed by atoms with van der Waals surface area (Å²) in [4.78, 5) is 24.1. The minimum atomic E-state index is -0.583. The number of aromatic nitrogens is 1. The summed E-state index contributed by atoms with van der Waals surface area (Å²) in [6.45, 7) is 4.69. The van der Waals surface area contributed by atoms with E-state index in [4.69, 9.17) is 5.73 Å². The number of amides is 1. The van der Waals surface area contributed by atoms with Crippen LogP contribution in [0.25, 0.3) is 0 Å². The van der Waals surface area contributed by atoms with Crippen LogP contribution in [0.4, 0.5) is 11.5 Å². The molecule has 4 heterocycles. The molecular formula is C25H34N6O2. The van der Waals surface area contributed by atoms with Crippen molar-refractivity contribution in [2.24, 2.45) is 5.92 Å². The minimum absolute atomic E-state index is 0.0923. The number of carbonyl (C=O) groups excluding carboxylic acids is 1. The Morgan fingerprint density at radius 1 is 1.12 bits per heavy atom. The maximum atomic E-state index is 13.3. The maximum absolute atomic E-state index is 13.3. The fourth-order valence-corrected chi connectivity index (χ4v) is 5.73. The molecule has 1 spiro atoms. The van der Waals surface area contributed by atoms with Gasteiger partial charge < -0.3 is 20.6 Å². The van der Waals surface area contributed by atoms with Crippen molar-refractivity contribution in [3.63, 3.8) is 0 Å². The second-order valence-electron chi connectivity index (χ2n) is 9.60. The highest BCUT2D eigenvalue weighted by Gasteiger charge is 2.50. The smallest absolute Gasteiger partial charge is 0.225 e. The molecule has 0 bridgehead atoms. The molecular weight excluding hydrogens is 416 g/mol. The van der Waals surface area contributed by atoms with Crippen molar-refractivity contribution < 1.29 is 9.90 Å². The average molecular weight is 451 g/mol. The molecule has 8 heteroatoms. The zero-order valence-corrected chi connectivity index (χ0v) is 19.1. The number of hydrogen-bond donors (Lipinski definition) is 3. The molecule has 0 saturated carbocycles. The number of aliphatic hydroxyl groups excluding tert-OH is 1. The van der Waals surface area contributed by atoms with Gasteiger partial charge in [-0.05, 0) is 68.6 Å². The van der Waals surface area contributed by atoms with E-state index in [0.717, 1.165) is 51.0 Å². The Bertz CT molecular complexity index is 954. The Kier molecular flexibility index (Phi) is 6.23. The van der Waals surface area contributed by atoms with Gasteiger partial charge >= 0.3 is 0 Å². The fraction of sp³-hybridized carbons (Fsp3) is 0.520. The third kappa shape index (κ3) is 4.43. The van der Waals surface area contributed by atoms with Crippen LogP contribution in [-0.2, 0) is 11.3 Å². The normalized spacial score (nSPS) is 23.8. The van der Waals surface area contributed by atoms with Gasteiger partial charge in [-0.1, -0.05) is 18.2 Å². The maximum Gasteiger partial charge on any atom is 0.225 e. The minimum Gasteiger partial charge on any atom is -0.384 e. The zero-order valence-electron chi connectivity index (χ0n) is 19.1. The molecule has 1 aromatic heterocycles. The van der Waals surface area contributed by atoms with Crippen molar-refractivity contribution >= 4 is 17.4 Å². The van der Waals surface area contributed by atoms with E-state index in [0.29, 0.717) is 25.6 Å². The van der Waals surface area contributed by atoms with Gasteiger partial charge in [-0.3, -0.25) is 15.0 Å². The first-order chi connectivity index (χ1) is 16.0. The van der Waals surface area contributed by atoms with Crippen molar-refractivity contribution in [3.8, 4) is 0 Å². The number of carbonyl (C=O) groups is 1. The molecule has 0 radical (unpaired) electrons. The molecule has 3 aliphatic rings. The number of para-hydroxylation sites is 1. The van der Waals surface area contributed by atoms with Crippen LogP contribution in [0.3, 0.4) is 0 Å². The number of anilines is 2. The van der Waals surface area contributed by atoms with Crippen molar-refractivity contribution in [3.05, 3.63) is 54.2 Å². The number of aliphatic hydroxyl groups is 1. The predicted octanol–water partition coefficient (Wildman–Crippen LogP) is 1.62. The average Bonchev–Trinajstić information content (AvgIpc) is 3.15. The summed E-state index contributed by atoms with van der Waals surface area (Å²) in [6, 6.07) is 14.2. The van der Waals surface area contributed by atoms with E-state index in [1.54, 1.807) is 6.20 Å². The van der Waals surface area contributed by atoms with Gasteiger partial charge in [-0.15, -0.1) is 0 Å². The summed E-state index contributed by atoms with van der Waals surface area (Å²) < 4.78 is 0. The lowest BCUT2D eigenvalue weighted by atomic mass is 9.84. The number of nitrogens with zero attached hydrogens (tertiary/aromatic N) is 4. The molecule has 1 aromatic carbocycles. The van der Waals surface area contributed by atoms with Crippen LogP contribution in [0.2, 0.25) is 0 Å². The number of nitrogens with two attached hydrogens (primary N) is 1. The van der Waals surface area contributed by atoms with Gasteiger partial charge in [0.1, 0.15) is 12.0 Å². The van der Waals surface area contributed by atoms with E-state index in [-0.39, 0.29) is 17.4 Å². The first-order valence-electron chi connectivity index (χ1n) is 12.0. The third-order valence-corrected chi connectivity index (χ3v) is 7.69. The topological polar surface area (TPSA) is 98.0 Å². The van der Waals surface area contributed by atoms with E-state index in [9.17, 15) is 9.90 Å². The number of nitrogen functional groups attached to an aromatic ring is 1. The molecule has 33 heavy (non-hydrogen) atoms. The van der Waals surface area contributed by atoms with Crippen molar-refractivity contribution in [2.75, 3.05) is 43.5 Å². The molecule has 1 unspecified atom stereocenters. The van der Waals surface area contributed by atoms with Gasteiger partial charge in [0.2, 0.25) is 5.91 Å². The SMILES string of the molecule is Nc1cc(CN2CCC(C(=O)N3CCC4(CC3)C(O)NCN4c3ccccc3)CC2)ccn1. The molecule has 5 rings (SSSR count). The van der Waals surface area contributed by atoms with Gasteiger partial charge in [-0.2, -0.15) is 0 Å². The number of nitrogens with one attached hydrogen (secondary N) is 1. The highest BCUT2D eigenvalue weighted by molar-refractivity contribution is 5.79. The van der Waals surface area contributed by atoms with Crippen LogP contribution >= 0.6 is 0 Å². The number of rotatable bonds is 4. The molecule has 0 aliphatic carbocycles. The van der Waals surface area contributed by atoms with Gasteiger partial charge in [0.25, 0.3) is 0 Å². The van der Waals surface area contributed by atoms with Crippen LogP contribution < -0.4 is 16.0 Å². The zero-order chi connectivity index (χ0) is 22.8. The molecule has 2 aromatic rings. The van der Waals surface area contributed by atoms with Crippen LogP contribution in [-0.4, -0.2) is 70.4 Å². The lowest BCUT2D eigenvalue weighted by molar-refractivity contribution is -0.139. The highest BCUT2D eigenvalue weighted by Crippen LogP contribution is 2.38. The number of likely N-dealkylation sites (tertiary alicyclic amines) is 2. The molecule has 1 amide bonds. The summed E-state index contributed by atoms with van der Waals surface area (Å²) in [5.41, 5.74) is 7.73. The second kappa shape index (κ2) is 9.29. The van der Waals surface area contributed by atoms with Crippen LogP contribution in [0.5, 0.6) is 0 Å². The highest BCUT2D eigenvalue weighted by atomic mass is 16.3. The van der Waals surface area contributed by atoms with E-state index in [2.05, 4.69) is 32.2 Å². The van der Waals surface area contributed by atoms with E-state index >= 15 is 0 Å². The molecule has 8 nitrogen and oxygen atoms in total. The monoisotopic (exact) mass is 450 g/mol. The lowest BCUT2D eigenvalue weighted by Crippen LogP contribution is -2.59. The van der Waals surface area contributed by atoms with E-state index in [1.165, 1.54) is 5.56 Å². The summed E-state index contributed by atoms with van der Waals surface area (Å²) >= 11 is 0. The number of hydrogen-bond acceptors (Lipinski definition) is 7. The Morgan fingerprint density at radius 3 is 2.55 bits per heavy atom. The predicted molar refractivity (Wildman–Crippen MR) is 128 cm³/mol. The van der Waals surface area contributed by atoms with Gasteiger partial charge in [0, 0.05) is 37.4 Å². The summed E-state index contributed by atoms with van der Waals surface area (Å²) in [6.07, 6.45) is 4.48. The van der Waals surface area contributed by atoms with Crippen LogP contribution in [0.1, 0.15) is 31.2 Å². The fourth-order valence-electron chi connectivity index (χ4n) is 5.73. The van der Waals surface area contributed by atoms with Crippen molar-refractivity contribution in [2.45, 2.75) is 44.0 Å². The standard InChI is InChI=1S/C25H34N6O2/c26-22-16-19(6-11-27-22)17-29-12-7-20(8-13-29)23(32)30-14-9-25(10-15-30)24(33)28-18-31(25)21-4-2-1-3-5-21/h1-6,11,16,20,24,28,33H,7-10,12-15,17-18H2,(H2,26,27). The molecule has 3 aliphatic heterocycles. The van der Waals surface area contributed by atoms with Crippen LogP contribution in [0, 0.1) is 5.92 Å². The van der Waals surface area contributed by atoms with Gasteiger partial charge in [-0.25, -0.2) is 4.98 Å². The van der Waals surface area contributed by atoms with E-state index in [1.807, 2.05) is 35.2 Å². The lowest BCUT2D eigenvalue weighted by Gasteiger charge is -2.47. The summed E-state index contributed by atoms with van der Waals surface area (Å²) in [5.74, 6) is 0.924. The number of piperidine rings is 2. The molecule has 1 atom stereocenters. The third-order valence-electron chi connectivity index (χ3n) is 7.69. The Hall–Kier alpha value is -2.68. The first-order valence-corrected chi connectivity index (χ1v) is 12.0. The Labute approximate surface area is 195 Å². The van der Waals surface area contributed by atoms with Gasteiger partial charge in [0.15, 0.2) is 0 Å². The molecule has 176 valence electrons. The van der Waals surface area contributed by atoms with Gasteiger partial charge in [0.05, 0.1) is 12.2 Å². The Morgan fingerprint density at radius 2 is 1.85 bits per heavy atom. The van der Waals surface area contributed by atoms with E-state index < -0.39 is 6.23 Å². The first kappa shape index (κ1) is 22.1. The quantitative estimate of drug-likeness (QED) is 0.651. The Balaban J connectivity index is 1.16. The second-order valence-corrected chi connectivity index (χ2v) is 9.60. The summed E-state index contributed by atoms with van der Waals surface area (Å²) in [7, 11) is 0. The largest absolute Gasteiger partial charge is 0.384 e. The van der Waals surface area contributed by atoms with Crippen molar-refractivity contribution in [1.82, 2.24) is 20.1 Å². The molecule has 3 saturated heterocycles. The molecule has 4 N–H and O–H groups in total.